The van der Waals surface area contributed by atoms with E-state index in [0.29, 0.717) is 5.56 Å². The maximum absolute atomic E-state index is 12.7. The lowest BCUT2D eigenvalue weighted by molar-refractivity contribution is -0.357. The molecule has 0 bridgehead atoms. The number of fused-ring (bicyclic) bond motifs is 1. The van der Waals surface area contributed by atoms with Crippen LogP contribution in [0.3, 0.4) is 0 Å². The molecule has 1 unspecified atom stereocenters. The van der Waals surface area contributed by atoms with Crippen molar-refractivity contribution in [2.24, 2.45) is 0 Å². The first-order chi connectivity index (χ1) is 15.1. The molecule has 164 valence electrons. The highest BCUT2D eigenvalue weighted by Crippen LogP contribution is 2.36. The minimum absolute atomic E-state index is 0.196. The molecule has 2 saturated heterocycles. The van der Waals surface area contributed by atoms with E-state index in [2.05, 4.69) is 0 Å². The van der Waals surface area contributed by atoms with Crippen molar-refractivity contribution >= 4 is 11.9 Å². The summed E-state index contributed by atoms with van der Waals surface area (Å²) in [4.78, 5) is 24.6. The van der Waals surface area contributed by atoms with Crippen LogP contribution in [0.5, 0.6) is 0 Å². The Morgan fingerprint density at radius 2 is 1.58 bits per heavy atom. The number of esters is 2. The Hall–Kier alpha value is -2.78. The fourth-order valence-electron chi connectivity index (χ4n) is 3.73. The molecule has 2 heterocycles. The summed E-state index contributed by atoms with van der Waals surface area (Å²) in [5, 5.41) is 0. The van der Waals surface area contributed by atoms with Gasteiger partial charge in [0.25, 0.3) is 0 Å². The third kappa shape index (κ3) is 4.77. The molecular weight excluding hydrogens is 404 g/mol. The molecule has 31 heavy (non-hydrogen) atoms. The highest BCUT2D eigenvalue weighted by atomic mass is 16.8. The summed E-state index contributed by atoms with van der Waals surface area (Å²) in [6, 6.07) is 17.9. The first kappa shape index (κ1) is 21.5. The van der Waals surface area contributed by atoms with Crippen molar-refractivity contribution in [3.8, 4) is 0 Å². The predicted molar refractivity (Wildman–Crippen MR) is 107 cm³/mol. The topological polar surface area (TPSA) is 89.5 Å². The molecule has 2 aliphatic heterocycles. The minimum Gasteiger partial charge on any atom is -0.455 e. The third-order valence-electron chi connectivity index (χ3n) is 5.14. The van der Waals surface area contributed by atoms with Gasteiger partial charge < -0.3 is 28.4 Å². The van der Waals surface area contributed by atoms with Gasteiger partial charge >= 0.3 is 11.9 Å². The molecule has 6 atom stereocenters. The normalized spacial score (nSPS) is 30.1. The average Bonchev–Trinajstić information content (AvgIpc) is 2.80. The smallest absolute Gasteiger partial charge is 0.338 e. The summed E-state index contributed by atoms with van der Waals surface area (Å²) in [6.45, 7) is 1.48. The molecule has 0 amide bonds. The molecule has 2 aliphatic rings. The average molecular weight is 428 g/mol. The Morgan fingerprint density at radius 1 is 0.903 bits per heavy atom. The number of hydrogen-bond acceptors (Lipinski definition) is 8. The highest BCUT2D eigenvalue weighted by Gasteiger charge is 2.53. The molecule has 0 spiro atoms. The van der Waals surface area contributed by atoms with E-state index in [-0.39, 0.29) is 6.61 Å². The zero-order chi connectivity index (χ0) is 21.8. The summed E-state index contributed by atoms with van der Waals surface area (Å²) in [5.74, 6) is -1.12. The first-order valence-electron chi connectivity index (χ1n) is 10.0. The van der Waals surface area contributed by atoms with Crippen molar-refractivity contribution in [3.63, 3.8) is 0 Å². The fourth-order valence-corrected chi connectivity index (χ4v) is 3.73. The summed E-state index contributed by atoms with van der Waals surface area (Å²) < 4.78 is 34.6. The zero-order valence-corrected chi connectivity index (χ0v) is 17.2. The van der Waals surface area contributed by atoms with Crippen molar-refractivity contribution < 1.29 is 38.0 Å². The van der Waals surface area contributed by atoms with Crippen LogP contribution in [0, 0.1) is 0 Å². The number of carbonyl (C=O) groups excluding carboxylic acids is 2. The van der Waals surface area contributed by atoms with Crippen molar-refractivity contribution in [2.45, 2.75) is 43.9 Å². The lowest BCUT2D eigenvalue weighted by atomic mass is 9.97. The van der Waals surface area contributed by atoms with E-state index in [1.165, 1.54) is 14.0 Å². The quantitative estimate of drug-likeness (QED) is 0.672. The maximum Gasteiger partial charge on any atom is 0.338 e. The van der Waals surface area contributed by atoms with Gasteiger partial charge in [0.1, 0.15) is 12.2 Å². The van der Waals surface area contributed by atoms with E-state index < -0.39 is 48.9 Å². The zero-order valence-electron chi connectivity index (χ0n) is 17.2. The Kier molecular flexibility index (Phi) is 6.62. The molecule has 2 aromatic rings. The van der Waals surface area contributed by atoms with E-state index >= 15 is 0 Å². The van der Waals surface area contributed by atoms with Gasteiger partial charge in [-0.25, -0.2) is 4.79 Å². The Morgan fingerprint density at radius 3 is 2.23 bits per heavy atom. The van der Waals surface area contributed by atoms with E-state index in [1.807, 2.05) is 30.3 Å². The van der Waals surface area contributed by atoms with Crippen molar-refractivity contribution in [3.05, 3.63) is 71.8 Å². The van der Waals surface area contributed by atoms with Crippen LogP contribution in [0.4, 0.5) is 0 Å². The van der Waals surface area contributed by atoms with Crippen LogP contribution >= 0.6 is 0 Å². The van der Waals surface area contributed by atoms with Gasteiger partial charge in [0.2, 0.25) is 0 Å². The van der Waals surface area contributed by atoms with Gasteiger partial charge in [-0.3, -0.25) is 4.79 Å². The molecule has 2 fully saturated rings. The summed E-state index contributed by atoms with van der Waals surface area (Å²) in [5.41, 5.74) is 1.17. The largest absolute Gasteiger partial charge is 0.455 e. The van der Waals surface area contributed by atoms with Gasteiger partial charge in [-0.05, 0) is 12.1 Å². The van der Waals surface area contributed by atoms with E-state index in [1.54, 1.807) is 30.3 Å². The molecule has 0 saturated carbocycles. The van der Waals surface area contributed by atoms with Crippen molar-refractivity contribution in [1.29, 1.82) is 0 Å². The Bertz CT molecular complexity index is 887. The van der Waals surface area contributed by atoms with Crippen LogP contribution in [-0.4, -0.2) is 56.4 Å². The lowest BCUT2D eigenvalue weighted by Crippen LogP contribution is -2.64. The van der Waals surface area contributed by atoms with Crippen LogP contribution in [0.15, 0.2) is 60.7 Å². The second-order valence-corrected chi connectivity index (χ2v) is 7.27. The molecule has 2 aromatic carbocycles. The molecule has 0 N–H and O–H groups in total. The SMILES string of the molecule is CO[C@H]1O[C@@H]2COC(c3ccccc3)O[C@H]2[C@H](OC(C)=O)[C@H]1OC(=O)c1ccccc1. The second-order valence-electron chi connectivity index (χ2n) is 7.27. The molecule has 0 aromatic heterocycles. The van der Waals surface area contributed by atoms with Crippen molar-refractivity contribution in [2.75, 3.05) is 13.7 Å². The number of methoxy groups -OCH3 is 1. The molecule has 0 aliphatic carbocycles. The summed E-state index contributed by atoms with van der Waals surface area (Å²) in [7, 11) is 1.43. The van der Waals surface area contributed by atoms with Crippen LogP contribution in [0.25, 0.3) is 0 Å². The predicted octanol–water partition coefficient (Wildman–Crippen LogP) is 2.63. The van der Waals surface area contributed by atoms with Crippen LogP contribution in [0.2, 0.25) is 0 Å². The standard InChI is InChI=1S/C23H24O8/c1-14(24)28-19-18-17(13-27-22(31-18)16-11-7-4-8-12-16)29-23(26-2)20(19)30-21(25)15-9-5-3-6-10-15/h3-12,17-20,22-23H,13H2,1-2H3/t17-,18-,19+,20-,22?,23+/m1/s1. The van der Waals surface area contributed by atoms with Crippen LogP contribution < -0.4 is 0 Å². The van der Waals surface area contributed by atoms with Crippen molar-refractivity contribution in [1.82, 2.24) is 0 Å². The van der Waals surface area contributed by atoms with Gasteiger partial charge in [0.15, 0.2) is 24.8 Å². The van der Waals surface area contributed by atoms with E-state index in [0.717, 1.165) is 5.56 Å². The Labute approximate surface area is 179 Å². The number of ether oxygens (including phenoxy) is 6. The molecule has 8 nitrogen and oxygen atoms in total. The third-order valence-corrected chi connectivity index (χ3v) is 5.14. The maximum atomic E-state index is 12.7. The second kappa shape index (κ2) is 9.57. The molecule has 4 rings (SSSR count). The summed E-state index contributed by atoms with van der Waals surface area (Å²) >= 11 is 0. The highest BCUT2D eigenvalue weighted by molar-refractivity contribution is 5.89. The number of benzene rings is 2. The van der Waals surface area contributed by atoms with Gasteiger partial charge in [-0.15, -0.1) is 0 Å². The van der Waals surface area contributed by atoms with Gasteiger partial charge in [-0.2, -0.15) is 0 Å². The molecule has 0 radical (unpaired) electrons. The lowest BCUT2D eigenvalue weighted by Gasteiger charge is -2.47. The number of hydrogen-bond donors (Lipinski definition) is 0. The molecule has 8 heteroatoms. The number of rotatable bonds is 5. The first-order valence-corrected chi connectivity index (χ1v) is 10.0. The fraction of sp³-hybridized carbons (Fsp3) is 0.391. The van der Waals surface area contributed by atoms with Gasteiger partial charge in [0.05, 0.1) is 12.2 Å². The van der Waals surface area contributed by atoms with Crippen LogP contribution in [0.1, 0.15) is 29.1 Å². The monoisotopic (exact) mass is 428 g/mol. The minimum atomic E-state index is -1.03. The van der Waals surface area contributed by atoms with Gasteiger partial charge in [0, 0.05) is 19.6 Å². The van der Waals surface area contributed by atoms with Gasteiger partial charge in [-0.1, -0.05) is 48.5 Å². The number of carbonyl (C=O) groups is 2. The van der Waals surface area contributed by atoms with Crippen LogP contribution in [-0.2, 0) is 33.2 Å². The summed E-state index contributed by atoms with van der Waals surface area (Å²) in [6.07, 6.45) is -4.89. The van der Waals surface area contributed by atoms with E-state index in [9.17, 15) is 9.59 Å². The van der Waals surface area contributed by atoms with E-state index in [4.69, 9.17) is 28.4 Å². The molecular formula is C23H24O8. The Balaban J connectivity index is 1.60.